The van der Waals surface area contributed by atoms with E-state index >= 15 is 0 Å². The normalized spacial score (nSPS) is 21.7. The molecule has 0 aromatic carbocycles. The summed E-state index contributed by atoms with van der Waals surface area (Å²) in [6.07, 6.45) is 7.23. The highest BCUT2D eigenvalue weighted by Crippen LogP contribution is 2.35. The monoisotopic (exact) mass is 315 g/mol. The van der Waals surface area contributed by atoms with E-state index in [1.54, 1.807) is 0 Å². The fourth-order valence-electron chi connectivity index (χ4n) is 4.11. The Morgan fingerprint density at radius 2 is 2.04 bits per heavy atom. The van der Waals surface area contributed by atoms with E-state index in [-0.39, 0.29) is 6.61 Å². The third kappa shape index (κ3) is 2.72. The lowest BCUT2D eigenvalue weighted by atomic mass is 10.0. The quantitative estimate of drug-likeness (QED) is 0.942. The molecule has 4 rings (SSSR count). The highest BCUT2D eigenvalue weighted by atomic mass is 16.4. The van der Waals surface area contributed by atoms with Gasteiger partial charge in [0, 0.05) is 12.7 Å². The highest BCUT2D eigenvalue weighted by molar-refractivity contribution is 5.22. The number of aliphatic hydroxyl groups excluding tert-OH is 1. The lowest BCUT2D eigenvalue weighted by Gasteiger charge is -2.23. The number of nitrogens with zero attached hydrogens (tertiary/aromatic N) is 3. The van der Waals surface area contributed by atoms with Crippen LogP contribution in [0.15, 0.2) is 16.5 Å². The lowest BCUT2D eigenvalue weighted by molar-refractivity contribution is 0.203. The molecule has 0 radical (unpaired) electrons. The fourth-order valence-corrected chi connectivity index (χ4v) is 4.11. The molecule has 124 valence electrons. The van der Waals surface area contributed by atoms with Gasteiger partial charge in [-0.2, -0.15) is 0 Å². The van der Waals surface area contributed by atoms with Crippen LogP contribution in [0.4, 0.5) is 0 Å². The van der Waals surface area contributed by atoms with E-state index in [1.807, 2.05) is 12.1 Å². The summed E-state index contributed by atoms with van der Waals surface area (Å²) in [5.74, 6) is 2.80. The second kappa shape index (κ2) is 6.13. The van der Waals surface area contributed by atoms with E-state index in [4.69, 9.17) is 14.5 Å². The minimum absolute atomic E-state index is 0.0322. The van der Waals surface area contributed by atoms with Crippen LogP contribution < -0.4 is 0 Å². The number of likely N-dealkylation sites (tertiary alicyclic amines) is 1. The van der Waals surface area contributed by atoms with E-state index in [0.29, 0.717) is 11.8 Å². The Kier molecular flexibility index (Phi) is 3.99. The van der Waals surface area contributed by atoms with Crippen LogP contribution in [0.1, 0.15) is 60.5 Å². The van der Waals surface area contributed by atoms with Crippen LogP contribution in [0.25, 0.3) is 0 Å². The number of imidazole rings is 1. The van der Waals surface area contributed by atoms with Crippen molar-refractivity contribution in [3.63, 3.8) is 0 Å². The first kappa shape index (κ1) is 15.0. The van der Waals surface area contributed by atoms with Gasteiger partial charge in [-0.3, -0.25) is 4.90 Å². The summed E-state index contributed by atoms with van der Waals surface area (Å²) in [6.45, 7) is 1.84. The van der Waals surface area contributed by atoms with Crippen molar-refractivity contribution < 1.29 is 9.52 Å². The van der Waals surface area contributed by atoms with Crippen molar-refractivity contribution in [1.82, 2.24) is 14.5 Å². The van der Waals surface area contributed by atoms with E-state index in [0.717, 1.165) is 31.7 Å². The van der Waals surface area contributed by atoms with Gasteiger partial charge >= 0.3 is 0 Å². The van der Waals surface area contributed by atoms with E-state index < -0.39 is 0 Å². The molecule has 3 heterocycles. The second-order valence-electron chi connectivity index (χ2n) is 6.78. The number of aliphatic hydroxyl groups is 1. The van der Waals surface area contributed by atoms with Crippen molar-refractivity contribution in [1.29, 1.82) is 0 Å². The van der Waals surface area contributed by atoms with Crippen molar-refractivity contribution in [2.24, 2.45) is 7.05 Å². The average Bonchev–Trinajstić information content (AvgIpc) is 3.28. The number of furan rings is 1. The molecule has 0 unspecified atom stereocenters. The molecule has 5 heteroatoms. The molecule has 0 spiro atoms. The molecule has 2 aromatic rings. The van der Waals surface area contributed by atoms with Crippen molar-refractivity contribution in [3.8, 4) is 0 Å². The van der Waals surface area contributed by atoms with Gasteiger partial charge in [0.25, 0.3) is 0 Å². The van der Waals surface area contributed by atoms with Crippen molar-refractivity contribution in [2.75, 3.05) is 6.54 Å². The van der Waals surface area contributed by atoms with E-state index in [9.17, 15) is 0 Å². The Morgan fingerprint density at radius 3 is 2.83 bits per heavy atom. The molecule has 1 N–H and O–H groups in total. The number of aromatic nitrogens is 2. The molecule has 5 nitrogen and oxygen atoms in total. The van der Waals surface area contributed by atoms with Crippen LogP contribution in [-0.4, -0.2) is 26.1 Å². The highest BCUT2D eigenvalue weighted by Gasteiger charge is 2.31. The molecular weight excluding hydrogens is 290 g/mol. The third-order valence-electron chi connectivity index (χ3n) is 5.30. The van der Waals surface area contributed by atoms with Crippen LogP contribution >= 0.6 is 0 Å². The number of hydrogen-bond acceptors (Lipinski definition) is 4. The third-order valence-corrected chi connectivity index (χ3v) is 5.30. The predicted molar refractivity (Wildman–Crippen MR) is 86.9 cm³/mol. The van der Waals surface area contributed by atoms with Crippen LogP contribution in [-0.2, 0) is 33.0 Å². The SMILES string of the molecule is Cn1c([C@H]2CCCN2Cc2ccc(CO)o2)nc2c1CCCC2. The Bertz CT molecular complexity index is 688. The fraction of sp³-hybridized carbons (Fsp3) is 0.611. The van der Waals surface area contributed by atoms with Crippen molar-refractivity contribution in [3.05, 3.63) is 40.9 Å². The summed E-state index contributed by atoms with van der Waals surface area (Å²) in [5, 5.41) is 9.15. The zero-order valence-electron chi connectivity index (χ0n) is 13.8. The van der Waals surface area contributed by atoms with Gasteiger partial charge in [0.1, 0.15) is 24.0 Å². The molecule has 2 aromatic heterocycles. The van der Waals surface area contributed by atoms with Crippen molar-refractivity contribution >= 4 is 0 Å². The molecule has 0 amide bonds. The number of aryl methyl sites for hydroxylation is 1. The molecule has 2 aliphatic rings. The molecule has 0 saturated carbocycles. The Balaban J connectivity index is 1.56. The summed E-state index contributed by atoms with van der Waals surface area (Å²) >= 11 is 0. The Labute approximate surface area is 136 Å². The topological polar surface area (TPSA) is 54.4 Å². The summed E-state index contributed by atoms with van der Waals surface area (Å²) < 4.78 is 8.02. The minimum atomic E-state index is -0.0322. The smallest absolute Gasteiger partial charge is 0.129 e. The van der Waals surface area contributed by atoms with Crippen LogP contribution in [0, 0.1) is 0 Å². The molecule has 1 atom stereocenters. The van der Waals surface area contributed by atoms with Gasteiger partial charge in [0.2, 0.25) is 0 Å². The molecule has 1 fully saturated rings. The number of fused-ring (bicyclic) bond motifs is 1. The summed E-state index contributed by atoms with van der Waals surface area (Å²) in [4.78, 5) is 7.46. The maximum Gasteiger partial charge on any atom is 0.129 e. The zero-order chi connectivity index (χ0) is 15.8. The first-order valence-corrected chi connectivity index (χ1v) is 8.73. The van der Waals surface area contributed by atoms with Gasteiger partial charge in [0.05, 0.1) is 18.3 Å². The molecule has 23 heavy (non-hydrogen) atoms. The second-order valence-corrected chi connectivity index (χ2v) is 6.78. The largest absolute Gasteiger partial charge is 0.462 e. The van der Waals surface area contributed by atoms with Crippen molar-refractivity contribution in [2.45, 2.75) is 57.7 Å². The minimum Gasteiger partial charge on any atom is -0.462 e. The van der Waals surface area contributed by atoms with Gasteiger partial charge in [-0.05, 0) is 57.2 Å². The first-order valence-electron chi connectivity index (χ1n) is 8.73. The average molecular weight is 315 g/mol. The first-order chi connectivity index (χ1) is 11.3. The number of hydrogen-bond donors (Lipinski definition) is 1. The molecule has 1 saturated heterocycles. The maximum absolute atomic E-state index is 9.15. The van der Waals surface area contributed by atoms with E-state index in [2.05, 4.69) is 16.5 Å². The predicted octanol–water partition coefficient (Wildman–Crippen LogP) is 2.72. The van der Waals surface area contributed by atoms with Crippen LogP contribution in [0.5, 0.6) is 0 Å². The molecular formula is C18H25N3O2. The zero-order valence-corrected chi connectivity index (χ0v) is 13.8. The van der Waals surface area contributed by atoms with Gasteiger partial charge in [0.15, 0.2) is 0 Å². The number of rotatable bonds is 4. The standard InChI is InChI=1S/C18H25N3O2/c1-20-16-6-3-2-5-15(16)19-18(20)17-7-4-10-21(17)11-13-8-9-14(12-22)23-13/h8-9,17,22H,2-7,10-12H2,1H3/t17-/m1/s1. The van der Waals surface area contributed by atoms with E-state index in [1.165, 1.54) is 42.9 Å². The summed E-state index contributed by atoms with van der Waals surface area (Å²) in [5.41, 5.74) is 2.76. The lowest BCUT2D eigenvalue weighted by Crippen LogP contribution is -2.25. The molecule has 1 aliphatic carbocycles. The van der Waals surface area contributed by atoms with Gasteiger partial charge < -0.3 is 14.1 Å². The molecule has 0 bridgehead atoms. The Hall–Kier alpha value is -1.59. The van der Waals surface area contributed by atoms with Crippen LogP contribution in [0.2, 0.25) is 0 Å². The summed E-state index contributed by atoms with van der Waals surface area (Å²) in [7, 11) is 2.18. The Morgan fingerprint density at radius 1 is 1.22 bits per heavy atom. The van der Waals surface area contributed by atoms with Gasteiger partial charge in [-0.15, -0.1) is 0 Å². The van der Waals surface area contributed by atoms with Gasteiger partial charge in [-0.25, -0.2) is 4.98 Å². The molecule has 1 aliphatic heterocycles. The van der Waals surface area contributed by atoms with Crippen LogP contribution in [0.3, 0.4) is 0 Å². The maximum atomic E-state index is 9.15. The summed E-state index contributed by atoms with van der Waals surface area (Å²) in [6, 6.07) is 4.22. The van der Waals surface area contributed by atoms with Gasteiger partial charge in [-0.1, -0.05) is 0 Å².